The molecule has 0 aliphatic carbocycles. The molecular formula is C24H22FNO6S. The van der Waals surface area contributed by atoms with Crippen LogP contribution in [0.25, 0.3) is 21.7 Å². The zero-order valence-corrected chi connectivity index (χ0v) is 18.1. The molecule has 0 saturated carbocycles. The molecule has 3 aromatic carbocycles. The van der Waals surface area contributed by atoms with Crippen LogP contribution >= 0.6 is 11.8 Å². The fourth-order valence-corrected chi connectivity index (χ4v) is 5.28. The highest BCUT2D eigenvalue weighted by Crippen LogP contribution is 2.40. The minimum Gasteiger partial charge on any atom is -0.508 e. The van der Waals surface area contributed by atoms with Crippen molar-refractivity contribution in [3.63, 3.8) is 0 Å². The molecular weight excluding hydrogens is 449 g/mol. The normalized spacial score (nSPS) is 25.7. The summed E-state index contributed by atoms with van der Waals surface area (Å²) in [5, 5.41) is 52.2. The van der Waals surface area contributed by atoms with Crippen molar-refractivity contribution in [2.24, 2.45) is 0 Å². The molecule has 0 amide bonds. The number of ether oxygens (including phenoxy) is 1. The van der Waals surface area contributed by atoms with Crippen molar-refractivity contribution in [1.29, 1.82) is 0 Å². The van der Waals surface area contributed by atoms with Gasteiger partial charge in [-0.25, -0.2) is 4.39 Å². The number of hydrogen-bond acceptors (Lipinski definition) is 7. The molecule has 2 heterocycles. The number of aromatic nitrogens is 1. The molecule has 0 unspecified atom stereocenters. The van der Waals surface area contributed by atoms with Gasteiger partial charge in [-0.2, -0.15) is 0 Å². The van der Waals surface area contributed by atoms with Crippen LogP contribution in [0.2, 0.25) is 0 Å². The van der Waals surface area contributed by atoms with Gasteiger partial charge >= 0.3 is 0 Å². The highest BCUT2D eigenvalue weighted by Gasteiger charge is 2.44. The lowest BCUT2D eigenvalue weighted by molar-refractivity contribution is -0.250. The van der Waals surface area contributed by atoms with Gasteiger partial charge in [0.1, 0.15) is 36.0 Å². The van der Waals surface area contributed by atoms with E-state index in [0.29, 0.717) is 15.8 Å². The lowest BCUT2D eigenvalue weighted by atomic mass is 9.98. The number of hydrogen-bond donors (Lipinski definition) is 5. The molecule has 172 valence electrons. The van der Waals surface area contributed by atoms with Gasteiger partial charge in [0.05, 0.1) is 12.1 Å². The molecule has 1 fully saturated rings. The van der Waals surface area contributed by atoms with Crippen LogP contribution in [0.4, 0.5) is 4.39 Å². The Hall–Kier alpha value is -2.66. The maximum atomic E-state index is 14.9. The average molecular weight is 472 g/mol. The number of aliphatic hydroxyl groups excluding tert-OH is 4. The first-order valence-corrected chi connectivity index (χ1v) is 11.2. The monoisotopic (exact) mass is 471 g/mol. The van der Waals surface area contributed by atoms with E-state index >= 15 is 0 Å². The molecule has 33 heavy (non-hydrogen) atoms. The molecule has 5 rings (SSSR count). The Morgan fingerprint density at radius 3 is 2.48 bits per heavy atom. The molecule has 9 heteroatoms. The number of aromatic hydroxyl groups is 1. The number of aliphatic hydroxyl groups is 4. The maximum absolute atomic E-state index is 14.9. The van der Waals surface area contributed by atoms with Crippen molar-refractivity contribution >= 4 is 33.4 Å². The molecule has 1 aliphatic rings. The van der Waals surface area contributed by atoms with Crippen LogP contribution in [0, 0.1) is 5.82 Å². The molecule has 5 N–H and O–H groups in total. The van der Waals surface area contributed by atoms with Crippen molar-refractivity contribution < 1.29 is 34.7 Å². The topological polar surface area (TPSA) is 115 Å². The Morgan fingerprint density at radius 2 is 1.70 bits per heavy atom. The van der Waals surface area contributed by atoms with Crippen LogP contribution < -0.4 is 0 Å². The summed E-state index contributed by atoms with van der Waals surface area (Å²) in [6, 6.07) is 15.3. The van der Waals surface area contributed by atoms with Gasteiger partial charge in [-0.1, -0.05) is 30.0 Å². The number of nitrogens with zero attached hydrogens (tertiary/aromatic N) is 1. The zero-order valence-electron chi connectivity index (χ0n) is 17.2. The van der Waals surface area contributed by atoms with Crippen LogP contribution in [0.1, 0.15) is 6.23 Å². The van der Waals surface area contributed by atoms with Crippen LogP contribution in [-0.4, -0.2) is 61.1 Å². The van der Waals surface area contributed by atoms with Crippen molar-refractivity contribution in [3.8, 4) is 5.75 Å². The molecule has 5 atom stereocenters. The standard InChI is InChI=1S/C24H22FNO6S/c25-16-2-1-3-17-20(16)19(33-15-7-5-12-8-14(28)6-4-13(12)9-15)10-26(17)24-23(31)22(30)21(29)18(11-27)32-24/h1-10,18,21-24,27-31H,11H2/t18-,21-,22+,23-,24-/m1/s1. The molecule has 0 bridgehead atoms. The van der Waals surface area contributed by atoms with Crippen LogP contribution in [0.15, 0.2) is 70.6 Å². The molecule has 4 aromatic rings. The fourth-order valence-electron chi connectivity index (χ4n) is 4.23. The summed E-state index contributed by atoms with van der Waals surface area (Å²) in [6.45, 7) is -0.552. The number of benzene rings is 3. The minimum atomic E-state index is -1.54. The largest absolute Gasteiger partial charge is 0.508 e. The van der Waals surface area contributed by atoms with Crippen LogP contribution in [0.5, 0.6) is 5.75 Å². The van der Waals surface area contributed by atoms with E-state index in [4.69, 9.17) is 4.74 Å². The summed E-state index contributed by atoms with van der Waals surface area (Å²) in [6.07, 6.45) is -5.10. The second kappa shape index (κ2) is 8.60. The van der Waals surface area contributed by atoms with Gasteiger partial charge in [0, 0.05) is 21.4 Å². The second-order valence-electron chi connectivity index (χ2n) is 8.05. The first kappa shape index (κ1) is 22.1. The average Bonchev–Trinajstić information content (AvgIpc) is 3.17. The third-order valence-electron chi connectivity index (χ3n) is 5.94. The van der Waals surface area contributed by atoms with Crippen LogP contribution in [-0.2, 0) is 4.74 Å². The predicted molar refractivity (Wildman–Crippen MR) is 121 cm³/mol. The summed E-state index contributed by atoms with van der Waals surface area (Å²) >= 11 is 1.32. The van der Waals surface area contributed by atoms with E-state index in [1.54, 1.807) is 30.5 Å². The van der Waals surface area contributed by atoms with E-state index in [1.165, 1.54) is 28.5 Å². The molecule has 0 radical (unpaired) electrons. The van der Waals surface area contributed by atoms with Gasteiger partial charge < -0.3 is 34.8 Å². The first-order valence-electron chi connectivity index (χ1n) is 10.4. The summed E-state index contributed by atoms with van der Waals surface area (Å²) < 4.78 is 22.1. The van der Waals surface area contributed by atoms with Gasteiger partial charge in [-0.3, -0.25) is 0 Å². The summed E-state index contributed by atoms with van der Waals surface area (Å²) in [7, 11) is 0. The quantitative estimate of drug-likeness (QED) is 0.311. The van der Waals surface area contributed by atoms with E-state index in [1.807, 2.05) is 18.2 Å². The van der Waals surface area contributed by atoms with E-state index in [2.05, 4.69) is 0 Å². The third-order valence-corrected chi connectivity index (χ3v) is 6.96. The van der Waals surface area contributed by atoms with Gasteiger partial charge in [0.15, 0.2) is 6.23 Å². The Labute approximate surface area is 192 Å². The van der Waals surface area contributed by atoms with E-state index in [9.17, 15) is 29.9 Å². The molecule has 7 nitrogen and oxygen atoms in total. The third kappa shape index (κ3) is 3.86. The Bertz CT molecular complexity index is 1330. The Morgan fingerprint density at radius 1 is 0.939 bits per heavy atom. The van der Waals surface area contributed by atoms with Gasteiger partial charge in [0.2, 0.25) is 0 Å². The van der Waals surface area contributed by atoms with Crippen molar-refractivity contribution in [3.05, 3.63) is 66.6 Å². The Balaban J connectivity index is 1.58. The predicted octanol–water partition coefficient (Wildman–Crippen LogP) is 2.76. The van der Waals surface area contributed by atoms with Gasteiger partial charge in [0.25, 0.3) is 0 Å². The second-order valence-corrected chi connectivity index (χ2v) is 9.16. The zero-order chi connectivity index (χ0) is 23.3. The van der Waals surface area contributed by atoms with Gasteiger partial charge in [-0.15, -0.1) is 0 Å². The lowest BCUT2D eigenvalue weighted by Crippen LogP contribution is -2.56. The summed E-state index contributed by atoms with van der Waals surface area (Å²) in [5.41, 5.74) is 0.438. The smallest absolute Gasteiger partial charge is 0.163 e. The molecule has 1 aromatic heterocycles. The van der Waals surface area contributed by atoms with Gasteiger partial charge in [-0.05, 0) is 47.2 Å². The number of rotatable bonds is 4. The van der Waals surface area contributed by atoms with E-state index in [-0.39, 0.29) is 5.75 Å². The number of halogens is 1. The number of phenolic OH excluding ortho intramolecular Hbond substituents is 1. The first-order chi connectivity index (χ1) is 15.9. The molecule has 1 saturated heterocycles. The summed E-state index contributed by atoms with van der Waals surface area (Å²) in [5.74, 6) is -0.281. The number of fused-ring (bicyclic) bond motifs is 2. The highest BCUT2D eigenvalue weighted by atomic mass is 32.2. The van der Waals surface area contributed by atoms with E-state index < -0.39 is 43.1 Å². The fraction of sp³-hybridized carbons (Fsp3) is 0.250. The SMILES string of the molecule is OC[C@H]1O[C@@H](n2cc(Sc3ccc4cc(O)ccc4c3)c3c(F)cccc32)[C@H](O)[C@@H](O)[C@@H]1O. The van der Waals surface area contributed by atoms with E-state index in [0.717, 1.165) is 15.7 Å². The molecule has 0 spiro atoms. The van der Waals surface area contributed by atoms with Crippen LogP contribution in [0.3, 0.4) is 0 Å². The lowest BCUT2D eigenvalue weighted by Gasteiger charge is -2.40. The highest BCUT2D eigenvalue weighted by molar-refractivity contribution is 7.99. The maximum Gasteiger partial charge on any atom is 0.163 e. The van der Waals surface area contributed by atoms with Crippen molar-refractivity contribution in [1.82, 2.24) is 4.57 Å². The Kier molecular flexibility index (Phi) is 5.77. The molecule has 1 aliphatic heterocycles. The minimum absolute atomic E-state index is 0.174. The van der Waals surface area contributed by atoms with Crippen molar-refractivity contribution in [2.75, 3.05) is 6.61 Å². The number of phenols is 1. The van der Waals surface area contributed by atoms with Crippen molar-refractivity contribution in [2.45, 2.75) is 40.4 Å². The summed E-state index contributed by atoms with van der Waals surface area (Å²) in [4.78, 5) is 1.41.